The van der Waals surface area contributed by atoms with Crippen molar-refractivity contribution in [3.63, 3.8) is 0 Å². The number of unbranched alkanes of at least 4 members (excludes halogenated alkanes) is 1. The molecule has 0 saturated carbocycles. The van der Waals surface area contributed by atoms with Crippen molar-refractivity contribution in [1.82, 2.24) is 38.7 Å². The summed E-state index contributed by atoms with van der Waals surface area (Å²) in [4.78, 5) is 72.2. The van der Waals surface area contributed by atoms with Gasteiger partial charge in [0.25, 0.3) is 11.8 Å². The highest BCUT2D eigenvalue weighted by Gasteiger charge is 2.24. The van der Waals surface area contributed by atoms with Gasteiger partial charge in [-0.1, -0.05) is 24.3 Å². The maximum Gasteiger partial charge on any atom is 0.276 e. The van der Waals surface area contributed by atoms with Crippen LogP contribution in [-0.2, 0) is 37.5 Å². The third-order valence-corrected chi connectivity index (χ3v) is 10.4. The van der Waals surface area contributed by atoms with Gasteiger partial charge in [0.1, 0.15) is 40.2 Å². The Kier molecular flexibility index (Phi) is 17.9. The van der Waals surface area contributed by atoms with Crippen LogP contribution >= 0.6 is 0 Å². The Balaban J connectivity index is 0.000000717. The Hall–Kier alpha value is -8.37. The van der Waals surface area contributed by atoms with Crippen LogP contribution in [0.3, 0.4) is 0 Å². The largest absolute Gasteiger partial charge is 0.494 e. The number of hydrogen-bond donors (Lipinski definition) is 7. The van der Waals surface area contributed by atoms with Gasteiger partial charge < -0.3 is 52.1 Å². The highest BCUT2D eigenvalue weighted by Crippen LogP contribution is 2.33. The number of imidazole rings is 2. The zero-order chi connectivity index (χ0) is 50.4. The van der Waals surface area contributed by atoms with Gasteiger partial charge in [0.2, 0.25) is 23.7 Å². The highest BCUT2D eigenvalue weighted by atomic mass is 16.5. The van der Waals surface area contributed by atoms with Gasteiger partial charge in [-0.25, -0.2) is 9.97 Å². The molecule has 4 aromatic heterocycles. The van der Waals surface area contributed by atoms with E-state index in [0.717, 1.165) is 17.5 Å². The molecule has 3 aromatic carbocycles. The van der Waals surface area contributed by atoms with Gasteiger partial charge in [-0.3, -0.25) is 39.2 Å². The van der Waals surface area contributed by atoms with Crippen molar-refractivity contribution in [2.45, 2.75) is 73.3 Å². The number of hydrogen-bond acceptors (Lipinski definition) is 14. The Labute approximate surface area is 397 Å². The molecule has 0 spiro atoms. The molecule has 0 unspecified atom stereocenters. The first kappa shape index (κ1) is 51.6. The van der Waals surface area contributed by atoms with Gasteiger partial charge in [-0.05, 0) is 95.3 Å². The van der Waals surface area contributed by atoms with E-state index in [1.54, 1.807) is 44.5 Å². The van der Waals surface area contributed by atoms with Crippen molar-refractivity contribution in [3.8, 4) is 11.5 Å². The summed E-state index contributed by atoms with van der Waals surface area (Å²) in [5, 5.41) is 14.6. The lowest BCUT2D eigenvalue weighted by Crippen LogP contribution is -2.20. The first-order valence-electron chi connectivity index (χ1n) is 22.0. The third-order valence-electron chi connectivity index (χ3n) is 10.4. The second-order valence-electron chi connectivity index (χ2n) is 15.2. The molecular weight excluding hydrogens is 887 g/mol. The van der Waals surface area contributed by atoms with E-state index in [4.69, 9.17) is 37.4 Å². The van der Waals surface area contributed by atoms with Crippen molar-refractivity contribution in [3.05, 3.63) is 112 Å². The summed E-state index contributed by atoms with van der Waals surface area (Å²) < 4.78 is 18.3. The molecule has 0 saturated heterocycles. The number of rotatable bonds is 19. The number of anilines is 3. The molecule has 7 aromatic rings. The molecule has 0 bridgehead atoms. The fourth-order valence-electron chi connectivity index (χ4n) is 7.19. The Morgan fingerprint density at radius 1 is 0.710 bits per heavy atom. The van der Waals surface area contributed by atoms with Crippen LogP contribution in [0.1, 0.15) is 85.3 Å². The molecule has 4 heterocycles. The van der Waals surface area contributed by atoms with Crippen molar-refractivity contribution in [2.24, 2.45) is 22.9 Å². The molecular formula is C47H59N15O7. The predicted octanol–water partition coefficient (Wildman–Crippen LogP) is 4.06. The number of aryl methyl sites for hydroxylation is 4. The predicted molar refractivity (Wildman–Crippen MR) is 263 cm³/mol. The molecule has 0 atom stereocenters. The molecule has 0 fully saturated rings. The Morgan fingerprint density at radius 3 is 1.59 bits per heavy atom. The molecule has 0 aliphatic rings. The van der Waals surface area contributed by atoms with Gasteiger partial charge >= 0.3 is 0 Å². The van der Waals surface area contributed by atoms with Crippen molar-refractivity contribution in [2.75, 3.05) is 37.1 Å². The number of methoxy groups -OCH3 is 1. The SMILES string of the molecule is CCn1nc(C)cc1C(=O)Nc1nc2cc(C(N)=O)cc(OC)c2n1C/C=C/Cn1c(NC(=O)c2cc(C)nn2CC)nc2cc(C(N)=O)cc(OCCCC=O)c21.CN.NCc1ccc(N)cc1. The minimum Gasteiger partial charge on any atom is -0.494 e. The second kappa shape index (κ2) is 23.9. The molecule has 0 aliphatic carbocycles. The van der Waals surface area contributed by atoms with Gasteiger partial charge in [0.15, 0.2) is 0 Å². The number of nitrogens with two attached hydrogens (primary N) is 5. The van der Waals surface area contributed by atoms with Gasteiger partial charge in [-0.2, -0.15) is 10.2 Å². The monoisotopic (exact) mass is 945 g/mol. The first-order chi connectivity index (χ1) is 33.2. The van der Waals surface area contributed by atoms with Crippen molar-refractivity contribution < 1.29 is 33.4 Å². The summed E-state index contributed by atoms with van der Waals surface area (Å²) in [6.07, 6.45) is 5.11. The van der Waals surface area contributed by atoms with Crippen molar-refractivity contribution >= 4 is 69.6 Å². The number of amides is 4. The van der Waals surface area contributed by atoms with E-state index in [9.17, 15) is 24.0 Å². The average Bonchev–Trinajstić information content (AvgIpc) is 4.11. The lowest BCUT2D eigenvalue weighted by molar-refractivity contribution is -0.108. The summed E-state index contributed by atoms with van der Waals surface area (Å²) >= 11 is 0. The fraction of sp³-hybridized carbons (Fsp3) is 0.298. The second-order valence-corrected chi connectivity index (χ2v) is 15.2. The summed E-state index contributed by atoms with van der Waals surface area (Å²) in [5.41, 5.74) is 32.4. The molecule has 4 amide bonds. The van der Waals surface area contributed by atoms with Crippen LogP contribution in [0.2, 0.25) is 0 Å². The Bertz CT molecular complexity index is 2980. The molecule has 7 rings (SSSR count). The molecule has 12 N–H and O–H groups in total. The molecule has 22 nitrogen and oxygen atoms in total. The number of nitrogens with one attached hydrogen (secondary N) is 2. The van der Waals surface area contributed by atoms with Crippen LogP contribution in [0, 0.1) is 13.8 Å². The average molecular weight is 946 g/mol. The highest BCUT2D eigenvalue weighted by molar-refractivity contribution is 6.05. The number of aromatic nitrogens is 8. The van der Waals surface area contributed by atoms with Crippen molar-refractivity contribution in [1.29, 1.82) is 0 Å². The summed E-state index contributed by atoms with van der Waals surface area (Å²) in [6, 6.07) is 16.9. The molecule has 69 heavy (non-hydrogen) atoms. The number of carbonyl (C=O) groups is 5. The third kappa shape index (κ3) is 12.4. The minimum absolute atomic E-state index is 0.130. The quantitative estimate of drug-likeness (QED) is 0.0260. The summed E-state index contributed by atoms with van der Waals surface area (Å²) in [5.74, 6) is -1.40. The van der Waals surface area contributed by atoms with E-state index in [1.165, 1.54) is 38.4 Å². The number of nitrogen functional groups attached to an aromatic ring is 1. The van der Waals surface area contributed by atoms with Crippen LogP contribution in [0.25, 0.3) is 22.1 Å². The summed E-state index contributed by atoms with van der Waals surface area (Å²) in [6.45, 7) is 9.27. The normalized spacial score (nSPS) is 10.9. The zero-order valence-electron chi connectivity index (χ0n) is 39.5. The van der Waals surface area contributed by atoms with Gasteiger partial charge in [0, 0.05) is 56.0 Å². The fourth-order valence-corrected chi connectivity index (χ4v) is 7.19. The van der Waals surface area contributed by atoms with E-state index in [-0.39, 0.29) is 54.9 Å². The van der Waals surface area contributed by atoms with Gasteiger partial charge in [0.05, 0.1) is 36.1 Å². The molecule has 364 valence electrons. The number of nitrogens with zero attached hydrogens (tertiary/aromatic N) is 8. The van der Waals surface area contributed by atoms with E-state index in [0.29, 0.717) is 76.6 Å². The smallest absolute Gasteiger partial charge is 0.276 e. The lowest BCUT2D eigenvalue weighted by atomic mass is 10.1. The summed E-state index contributed by atoms with van der Waals surface area (Å²) in [7, 11) is 2.95. The van der Waals surface area contributed by atoms with E-state index < -0.39 is 23.6 Å². The first-order valence-corrected chi connectivity index (χ1v) is 22.0. The topological polar surface area (TPSA) is 329 Å². The van der Waals surface area contributed by atoms with Crippen LogP contribution in [0.4, 0.5) is 17.6 Å². The number of ether oxygens (including phenoxy) is 2. The van der Waals surface area contributed by atoms with E-state index >= 15 is 0 Å². The standard InChI is InChI=1S/C39H44N12O7.C7H10N2.CH5N/c1-6-50-28(16-22(3)46-50)36(55)44-38-42-26-18-24(34(40)53)20-30(57-5)32(26)48(38)12-8-9-13-49-33-27(19-25(35(41)54)21-31(33)58-15-11-10-14-52)43-39(49)45-37(56)29-17-23(4)47-51(29)7-2;8-5-6-1-3-7(9)4-2-6;1-2/h8-9,14,16-21H,6-7,10-13,15H2,1-5H3,(H2,40,53)(H2,41,54)(H,42,44,55)(H,43,45,56);1-4H,5,8-9H2;2H2,1H3/b9-8+;;. The van der Waals surface area contributed by atoms with Gasteiger partial charge in [-0.15, -0.1) is 0 Å². The van der Waals surface area contributed by atoms with E-state index in [1.807, 2.05) is 50.3 Å². The van der Waals surface area contributed by atoms with Crippen LogP contribution < -0.4 is 48.8 Å². The zero-order valence-corrected chi connectivity index (χ0v) is 39.5. The van der Waals surface area contributed by atoms with E-state index in [2.05, 4.69) is 31.5 Å². The van der Waals surface area contributed by atoms with Crippen LogP contribution in [-0.4, -0.2) is 89.3 Å². The number of fused-ring (bicyclic) bond motifs is 2. The number of aldehydes is 1. The number of benzene rings is 3. The maximum atomic E-state index is 13.7. The van der Waals surface area contributed by atoms with Crippen LogP contribution in [0.15, 0.2) is 72.8 Å². The minimum atomic E-state index is -0.704. The molecule has 0 aliphatic heterocycles. The number of allylic oxidation sites excluding steroid dienone is 2. The number of primary amides is 2. The Morgan fingerprint density at radius 2 is 1.17 bits per heavy atom. The lowest BCUT2D eigenvalue weighted by Gasteiger charge is -2.13. The number of carbonyl (C=O) groups excluding carboxylic acids is 5. The molecule has 22 heteroatoms. The molecule has 0 radical (unpaired) electrons. The maximum absolute atomic E-state index is 13.7. The van der Waals surface area contributed by atoms with Crippen LogP contribution in [0.5, 0.6) is 11.5 Å².